The van der Waals surface area contributed by atoms with E-state index in [1.54, 1.807) is 0 Å². The van der Waals surface area contributed by atoms with Crippen LogP contribution in [0.2, 0.25) is 0 Å². The van der Waals surface area contributed by atoms with Gasteiger partial charge in [-0.15, -0.1) is 0 Å². The second-order valence-electron chi connectivity index (χ2n) is 4.23. The van der Waals surface area contributed by atoms with Crippen LogP contribution >= 0.6 is 0 Å². The van der Waals surface area contributed by atoms with E-state index in [4.69, 9.17) is 10.5 Å². The molecule has 1 saturated carbocycles. The van der Waals surface area contributed by atoms with Crippen LogP contribution in [0, 0.1) is 11.8 Å². The van der Waals surface area contributed by atoms with Gasteiger partial charge in [-0.05, 0) is 31.6 Å². The fourth-order valence-electron chi connectivity index (χ4n) is 2.02. The number of ether oxygens (including phenoxy) is 1. The molecule has 2 nitrogen and oxygen atoms in total. The van der Waals surface area contributed by atoms with Gasteiger partial charge in [-0.2, -0.15) is 0 Å². The topological polar surface area (TPSA) is 35.2 Å². The van der Waals surface area contributed by atoms with Crippen LogP contribution < -0.4 is 5.73 Å². The van der Waals surface area contributed by atoms with Crippen LogP contribution in [0.1, 0.15) is 33.6 Å². The Labute approximate surface area is 75.5 Å². The molecule has 0 aliphatic heterocycles. The molecule has 0 heterocycles. The lowest BCUT2D eigenvalue weighted by molar-refractivity contribution is -0.127. The van der Waals surface area contributed by atoms with Crippen LogP contribution in [0.15, 0.2) is 0 Å². The van der Waals surface area contributed by atoms with Crippen molar-refractivity contribution in [1.82, 2.24) is 0 Å². The summed E-state index contributed by atoms with van der Waals surface area (Å²) in [5, 5.41) is 0. The van der Waals surface area contributed by atoms with Gasteiger partial charge in [-0.1, -0.05) is 13.8 Å². The predicted octanol–water partition coefficient (Wildman–Crippen LogP) is 1.79. The zero-order valence-corrected chi connectivity index (χ0v) is 8.47. The van der Waals surface area contributed by atoms with Gasteiger partial charge in [0.2, 0.25) is 0 Å². The highest BCUT2D eigenvalue weighted by Gasteiger charge is 2.44. The quantitative estimate of drug-likeness (QED) is 0.700. The average molecular weight is 171 g/mol. The zero-order chi connectivity index (χ0) is 9.19. The molecular formula is C10H21NO. The lowest BCUT2D eigenvalue weighted by Crippen LogP contribution is -2.53. The summed E-state index contributed by atoms with van der Waals surface area (Å²) in [5.74, 6) is 1.62. The van der Waals surface area contributed by atoms with Gasteiger partial charge < -0.3 is 10.5 Å². The molecule has 1 rings (SSSR count). The van der Waals surface area contributed by atoms with Crippen molar-refractivity contribution in [3.05, 3.63) is 0 Å². The van der Waals surface area contributed by atoms with Crippen LogP contribution in [-0.2, 0) is 4.74 Å². The third-order valence-corrected chi connectivity index (χ3v) is 3.03. The first kappa shape index (κ1) is 10.0. The fraction of sp³-hybridized carbons (Fsp3) is 1.00. The Balaban J connectivity index is 2.35. The molecule has 0 saturated heterocycles. The van der Waals surface area contributed by atoms with Crippen molar-refractivity contribution in [2.45, 2.75) is 39.2 Å². The molecule has 0 atom stereocenters. The largest absolute Gasteiger partial charge is 0.374 e. The first-order chi connectivity index (χ1) is 5.63. The van der Waals surface area contributed by atoms with Crippen molar-refractivity contribution >= 4 is 0 Å². The minimum absolute atomic E-state index is 0.0453. The molecule has 0 spiro atoms. The predicted molar refractivity (Wildman–Crippen MR) is 51.0 cm³/mol. The number of hydrogen-bond acceptors (Lipinski definition) is 2. The standard InChI is InChI=1S/C10H21NO/c1-4-12-10(7-11)5-9(6-10)8(2)3/h8-9H,4-7,11H2,1-3H3. The molecule has 1 aliphatic rings. The van der Waals surface area contributed by atoms with E-state index in [-0.39, 0.29) is 5.60 Å². The van der Waals surface area contributed by atoms with Crippen molar-refractivity contribution in [2.24, 2.45) is 17.6 Å². The maximum absolute atomic E-state index is 5.69. The normalized spacial score (nSPS) is 35.2. The van der Waals surface area contributed by atoms with Gasteiger partial charge in [0.05, 0.1) is 5.60 Å². The Hall–Kier alpha value is -0.0800. The molecule has 2 N–H and O–H groups in total. The van der Waals surface area contributed by atoms with Crippen molar-refractivity contribution in [3.8, 4) is 0 Å². The van der Waals surface area contributed by atoms with Crippen LogP contribution in [0.5, 0.6) is 0 Å². The molecular weight excluding hydrogens is 150 g/mol. The molecule has 72 valence electrons. The highest BCUT2D eigenvalue weighted by atomic mass is 16.5. The van der Waals surface area contributed by atoms with E-state index in [1.165, 1.54) is 0 Å². The third-order valence-electron chi connectivity index (χ3n) is 3.03. The van der Waals surface area contributed by atoms with E-state index in [9.17, 15) is 0 Å². The number of rotatable bonds is 4. The summed E-state index contributed by atoms with van der Waals surface area (Å²) in [6, 6.07) is 0. The van der Waals surface area contributed by atoms with E-state index in [0.29, 0.717) is 6.54 Å². The van der Waals surface area contributed by atoms with Crippen LogP contribution in [0.4, 0.5) is 0 Å². The number of nitrogens with two attached hydrogens (primary N) is 1. The third kappa shape index (κ3) is 1.80. The Kier molecular flexibility index (Phi) is 3.13. The molecule has 0 unspecified atom stereocenters. The summed E-state index contributed by atoms with van der Waals surface area (Å²) in [4.78, 5) is 0. The van der Waals surface area contributed by atoms with Crippen molar-refractivity contribution < 1.29 is 4.74 Å². The number of hydrogen-bond donors (Lipinski definition) is 1. The van der Waals surface area contributed by atoms with Gasteiger partial charge in [-0.25, -0.2) is 0 Å². The monoisotopic (exact) mass is 171 g/mol. The fourth-order valence-corrected chi connectivity index (χ4v) is 2.02. The van der Waals surface area contributed by atoms with Crippen LogP contribution in [0.3, 0.4) is 0 Å². The van der Waals surface area contributed by atoms with Gasteiger partial charge in [0.25, 0.3) is 0 Å². The van der Waals surface area contributed by atoms with Gasteiger partial charge in [0.1, 0.15) is 0 Å². The van der Waals surface area contributed by atoms with Gasteiger partial charge in [0, 0.05) is 13.2 Å². The van der Waals surface area contributed by atoms with Crippen LogP contribution in [-0.4, -0.2) is 18.8 Å². The summed E-state index contributed by atoms with van der Waals surface area (Å²) < 4.78 is 5.67. The zero-order valence-electron chi connectivity index (χ0n) is 8.47. The molecule has 1 fully saturated rings. The molecule has 0 aromatic carbocycles. The second kappa shape index (κ2) is 3.75. The smallest absolute Gasteiger partial charge is 0.0809 e. The van der Waals surface area contributed by atoms with E-state index in [2.05, 4.69) is 13.8 Å². The summed E-state index contributed by atoms with van der Waals surface area (Å²) in [5.41, 5.74) is 5.74. The van der Waals surface area contributed by atoms with E-state index >= 15 is 0 Å². The molecule has 0 bridgehead atoms. The van der Waals surface area contributed by atoms with Crippen molar-refractivity contribution in [1.29, 1.82) is 0 Å². The Morgan fingerprint density at radius 1 is 1.50 bits per heavy atom. The Morgan fingerprint density at radius 2 is 2.08 bits per heavy atom. The summed E-state index contributed by atoms with van der Waals surface area (Å²) in [6.45, 7) is 8.07. The molecule has 0 amide bonds. The molecule has 1 aliphatic carbocycles. The Bertz CT molecular complexity index is 139. The minimum Gasteiger partial charge on any atom is -0.374 e. The first-order valence-corrected chi connectivity index (χ1v) is 4.97. The van der Waals surface area contributed by atoms with Crippen LogP contribution in [0.25, 0.3) is 0 Å². The highest BCUT2D eigenvalue weighted by Crippen LogP contribution is 2.43. The minimum atomic E-state index is 0.0453. The van der Waals surface area contributed by atoms with E-state index in [0.717, 1.165) is 31.3 Å². The molecule has 0 radical (unpaired) electrons. The van der Waals surface area contributed by atoms with Gasteiger partial charge in [-0.3, -0.25) is 0 Å². The Morgan fingerprint density at radius 3 is 2.42 bits per heavy atom. The SMILES string of the molecule is CCOC1(CN)CC(C(C)C)C1. The van der Waals surface area contributed by atoms with Crippen molar-refractivity contribution in [3.63, 3.8) is 0 Å². The molecule has 0 aromatic heterocycles. The lowest BCUT2D eigenvalue weighted by Gasteiger charge is -2.48. The summed E-state index contributed by atoms with van der Waals surface area (Å²) in [6.07, 6.45) is 2.32. The van der Waals surface area contributed by atoms with Gasteiger partial charge >= 0.3 is 0 Å². The maximum Gasteiger partial charge on any atom is 0.0809 e. The first-order valence-electron chi connectivity index (χ1n) is 4.97. The lowest BCUT2D eigenvalue weighted by atomic mass is 9.66. The van der Waals surface area contributed by atoms with E-state index in [1.807, 2.05) is 6.92 Å². The summed E-state index contributed by atoms with van der Waals surface area (Å²) in [7, 11) is 0. The highest BCUT2D eigenvalue weighted by molar-refractivity contribution is 4.97. The summed E-state index contributed by atoms with van der Waals surface area (Å²) >= 11 is 0. The van der Waals surface area contributed by atoms with Gasteiger partial charge in [0.15, 0.2) is 0 Å². The molecule has 0 aromatic rings. The molecule has 12 heavy (non-hydrogen) atoms. The maximum atomic E-state index is 5.69. The molecule has 2 heteroatoms. The second-order valence-corrected chi connectivity index (χ2v) is 4.23. The van der Waals surface area contributed by atoms with Crippen molar-refractivity contribution in [2.75, 3.05) is 13.2 Å². The van der Waals surface area contributed by atoms with E-state index < -0.39 is 0 Å². The average Bonchev–Trinajstić information content (AvgIpc) is 1.95.